The lowest BCUT2D eigenvalue weighted by molar-refractivity contribution is -0.141. The average molecular weight is 342 g/mol. The van der Waals surface area contributed by atoms with Gasteiger partial charge in [-0.1, -0.05) is 30.9 Å². The van der Waals surface area contributed by atoms with E-state index in [2.05, 4.69) is 5.32 Å². The molecule has 1 aromatic carbocycles. The van der Waals surface area contributed by atoms with Crippen molar-refractivity contribution in [1.82, 2.24) is 0 Å². The molecule has 1 saturated carbocycles. The first-order valence-corrected chi connectivity index (χ1v) is 8.27. The minimum Gasteiger partial charge on any atom is -0.490 e. The Morgan fingerprint density at radius 3 is 2.57 bits per heavy atom. The summed E-state index contributed by atoms with van der Waals surface area (Å²) in [6, 6.07) is 5.21. The van der Waals surface area contributed by atoms with Gasteiger partial charge >= 0.3 is 0 Å². The number of rotatable bonds is 7. The zero-order valence-electron chi connectivity index (χ0n) is 13.7. The van der Waals surface area contributed by atoms with Gasteiger partial charge in [0.15, 0.2) is 0 Å². The van der Waals surface area contributed by atoms with Crippen LogP contribution < -0.4 is 10.1 Å². The lowest BCUT2D eigenvalue weighted by Crippen LogP contribution is -2.46. The highest BCUT2D eigenvalue weighted by atomic mass is 35.5. The van der Waals surface area contributed by atoms with E-state index in [9.17, 15) is 4.79 Å². The zero-order chi connectivity index (χ0) is 16.7. The summed E-state index contributed by atoms with van der Waals surface area (Å²) in [5, 5.41) is 3.36. The van der Waals surface area contributed by atoms with Gasteiger partial charge in [-0.2, -0.15) is 0 Å². The van der Waals surface area contributed by atoms with E-state index < -0.39 is 5.60 Å². The van der Waals surface area contributed by atoms with Gasteiger partial charge in [0, 0.05) is 19.9 Å². The Morgan fingerprint density at radius 2 is 1.96 bits per heavy atom. The van der Waals surface area contributed by atoms with Crippen molar-refractivity contribution in [2.75, 3.05) is 32.8 Å². The smallest absolute Gasteiger partial charge is 0.256 e. The third-order valence-corrected chi connectivity index (χ3v) is 4.50. The van der Waals surface area contributed by atoms with Crippen LogP contribution in [-0.4, -0.2) is 38.9 Å². The fourth-order valence-electron chi connectivity index (χ4n) is 2.82. The predicted octanol–water partition coefficient (Wildman–Crippen LogP) is 3.65. The van der Waals surface area contributed by atoms with Crippen LogP contribution in [0.3, 0.4) is 0 Å². The minimum atomic E-state index is -0.724. The highest BCUT2D eigenvalue weighted by molar-refractivity contribution is 6.32. The van der Waals surface area contributed by atoms with Crippen LogP contribution in [0.5, 0.6) is 5.75 Å². The number of ether oxygens (including phenoxy) is 3. The van der Waals surface area contributed by atoms with Gasteiger partial charge in [-0.15, -0.1) is 0 Å². The SMILES string of the molecule is COCCOc1ccc(NC(=O)C2(OC)CCCCC2)cc1Cl. The molecule has 0 spiro atoms. The molecular weight excluding hydrogens is 318 g/mol. The van der Waals surface area contributed by atoms with E-state index in [0.717, 1.165) is 32.1 Å². The zero-order valence-corrected chi connectivity index (χ0v) is 14.4. The first-order valence-electron chi connectivity index (χ1n) is 7.89. The van der Waals surface area contributed by atoms with Crippen molar-refractivity contribution >= 4 is 23.2 Å². The molecule has 0 unspecified atom stereocenters. The number of halogens is 1. The molecule has 5 nitrogen and oxygen atoms in total. The van der Waals surface area contributed by atoms with E-state index >= 15 is 0 Å². The van der Waals surface area contributed by atoms with Crippen molar-refractivity contribution in [3.63, 3.8) is 0 Å². The third kappa shape index (κ3) is 4.59. The maximum Gasteiger partial charge on any atom is 0.256 e. The number of carbonyl (C=O) groups is 1. The van der Waals surface area contributed by atoms with Crippen LogP contribution in [0, 0.1) is 0 Å². The number of benzene rings is 1. The second-order valence-corrected chi connectivity index (χ2v) is 6.11. The molecule has 1 aliphatic carbocycles. The number of carbonyl (C=O) groups excluding carboxylic acids is 1. The molecule has 0 bridgehead atoms. The van der Waals surface area contributed by atoms with Gasteiger partial charge in [-0.05, 0) is 31.0 Å². The van der Waals surface area contributed by atoms with E-state index in [-0.39, 0.29) is 5.91 Å². The molecule has 0 saturated heterocycles. The molecule has 1 amide bonds. The second kappa shape index (κ2) is 8.52. The molecule has 0 heterocycles. The van der Waals surface area contributed by atoms with Crippen molar-refractivity contribution in [3.05, 3.63) is 23.2 Å². The maximum atomic E-state index is 12.6. The number of methoxy groups -OCH3 is 2. The number of nitrogens with one attached hydrogen (secondary N) is 1. The maximum absolute atomic E-state index is 12.6. The monoisotopic (exact) mass is 341 g/mol. The molecule has 0 aliphatic heterocycles. The lowest BCUT2D eigenvalue weighted by Gasteiger charge is -2.34. The molecule has 0 radical (unpaired) electrons. The van der Waals surface area contributed by atoms with Crippen molar-refractivity contribution in [2.24, 2.45) is 0 Å². The highest BCUT2D eigenvalue weighted by Crippen LogP contribution is 2.33. The Kier molecular flexibility index (Phi) is 6.69. The van der Waals surface area contributed by atoms with Crippen molar-refractivity contribution < 1.29 is 19.0 Å². The Hall–Kier alpha value is -1.30. The molecule has 2 rings (SSSR count). The molecule has 0 atom stereocenters. The van der Waals surface area contributed by atoms with Crippen LogP contribution in [-0.2, 0) is 14.3 Å². The quantitative estimate of drug-likeness (QED) is 0.769. The molecule has 23 heavy (non-hydrogen) atoms. The summed E-state index contributed by atoms with van der Waals surface area (Å²) in [6.07, 6.45) is 4.67. The van der Waals surface area contributed by atoms with Gasteiger partial charge in [0.2, 0.25) is 0 Å². The van der Waals surface area contributed by atoms with Gasteiger partial charge in [-0.25, -0.2) is 0 Å². The third-order valence-electron chi connectivity index (χ3n) is 4.20. The molecule has 128 valence electrons. The normalized spacial score (nSPS) is 16.8. The first kappa shape index (κ1) is 18.0. The Labute approximate surface area is 142 Å². The fourth-order valence-corrected chi connectivity index (χ4v) is 3.06. The number of hydrogen-bond donors (Lipinski definition) is 1. The fraction of sp³-hybridized carbons (Fsp3) is 0.588. The van der Waals surface area contributed by atoms with E-state index in [1.54, 1.807) is 32.4 Å². The topological polar surface area (TPSA) is 56.8 Å². The first-order chi connectivity index (χ1) is 11.1. The Bertz CT molecular complexity index is 529. The van der Waals surface area contributed by atoms with E-state index in [0.29, 0.717) is 29.7 Å². The second-order valence-electron chi connectivity index (χ2n) is 5.70. The summed E-state index contributed by atoms with van der Waals surface area (Å²) in [5.41, 5.74) is -0.0839. The van der Waals surface area contributed by atoms with E-state index in [4.69, 9.17) is 25.8 Å². The average Bonchev–Trinajstić information content (AvgIpc) is 2.57. The lowest BCUT2D eigenvalue weighted by atomic mass is 9.84. The number of hydrogen-bond acceptors (Lipinski definition) is 4. The van der Waals surface area contributed by atoms with Crippen LogP contribution in [0.4, 0.5) is 5.69 Å². The summed E-state index contributed by atoms with van der Waals surface area (Å²) in [6.45, 7) is 0.917. The van der Waals surface area contributed by atoms with Crippen LogP contribution in [0.2, 0.25) is 5.02 Å². The molecule has 6 heteroatoms. The summed E-state index contributed by atoms with van der Waals surface area (Å²) in [4.78, 5) is 12.6. The van der Waals surface area contributed by atoms with Gasteiger partial charge in [-0.3, -0.25) is 4.79 Å². The minimum absolute atomic E-state index is 0.108. The predicted molar refractivity (Wildman–Crippen MR) is 90.3 cm³/mol. The molecular formula is C17H24ClNO4. The van der Waals surface area contributed by atoms with Crippen LogP contribution in [0.1, 0.15) is 32.1 Å². The highest BCUT2D eigenvalue weighted by Gasteiger charge is 2.39. The van der Waals surface area contributed by atoms with E-state index in [1.165, 1.54) is 0 Å². The van der Waals surface area contributed by atoms with Crippen molar-refractivity contribution in [2.45, 2.75) is 37.7 Å². The molecule has 1 aromatic rings. The van der Waals surface area contributed by atoms with E-state index in [1.807, 2.05) is 0 Å². The standard InChI is InChI=1S/C17H24ClNO4/c1-21-10-11-23-15-7-6-13(12-14(15)18)19-16(20)17(22-2)8-4-3-5-9-17/h6-7,12H,3-5,8-11H2,1-2H3,(H,19,20). The summed E-state index contributed by atoms with van der Waals surface area (Å²) < 4.78 is 16.0. The van der Waals surface area contributed by atoms with Gasteiger partial charge in [0.1, 0.15) is 18.0 Å². The molecule has 1 N–H and O–H groups in total. The van der Waals surface area contributed by atoms with Crippen LogP contribution in [0.25, 0.3) is 0 Å². The van der Waals surface area contributed by atoms with Crippen molar-refractivity contribution in [1.29, 1.82) is 0 Å². The molecule has 0 aromatic heterocycles. The Balaban J connectivity index is 2.01. The van der Waals surface area contributed by atoms with Crippen molar-refractivity contribution in [3.8, 4) is 5.75 Å². The number of anilines is 1. The molecule has 1 aliphatic rings. The largest absolute Gasteiger partial charge is 0.490 e. The van der Waals surface area contributed by atoms with Crippen LogP contribution >= 0.6 is 11.6 Å². The van der Waals surface area contributed by atoms with Gasteiger partial charge in [0.05, 0.1) is 11.6 Å². The molecule has 1 fully saturated rings. The summed E-state index contributed by atoms with van der Waals surface area (Å²) >= 11 is 6.20. The van der Waals surface area contributed by atoms with Crippen LogP contribution in [0.15, 0.2) is 18.2 Å². The summed E-state index contributed by atoms with van der Waals surface area (Å²) in [7, 11) is 3.21. The summed E-state index contributed by atoms with van der Waals surface area (Å²) in [5.74, 6) is 0.463. The van der Waals surface area contributed by atoms with Gasteiger partial charge < -0.3 is 19.5 Å². The Morgan fingerprint density at radius 1 is 1.22 bits per heavy atom. The number of amides is 1. The van der Waals surface area contributed by atoms with Gasteiger partial charge in [0.25, 0.3) is 5.91 Å².